The van der Waals surface area contributed by atoms with Gasteiger partial charge in [0, 0.05) is 18.4 Å². The fourth-order valence-corrected chi connectivity index (χ4v) is 1.26. The summed E-state index contributed by atoms with van der Waals surface area (Å²) in [6, 6.07) is 0. The molecule has 0 aromatic carbocycles. The van der Waals surface area contributed by atoms with E-state index in [0.717, 1.165) is 12.1 Å². The first-order valence-corrected chi connectivity index (χ1v) is 3.71. The van der Waals surface area contributed by atoms with Crippen LogP contribution in [0.25, 0.3) is 0 Å². The van der Waals surface area contributed by atoms with Crippen molar-refractivity contribution in [2.45, 2.75) is 0 Å². The van der Waals surface area contributed by atoms with Gasteiger partial charge < -0.3 is 4.90 Å². The highest BCUT2D eigenvalue weighted by atomic mass is 15.1. The summed E-state index contributed by atoms with van der Waals surface area (Å²) in [5, 5.41) is 0. The lowest BCUT2D eigenvalue weighted by molar-refractivity contribution is 0.520. The van der Waals surface area contributed by atoms with Gasteiger partial charge in [0.25, 0.3) is 0 Å². The lowest BCUT2D eigenvalue weighted by Gasteiger charge is -2.25. The maximum atomic E-state index is 3.87. The fourth-order valence-electron chi connectivity index (χ4n) is 1.26. The molecular formula is C10H10N. The average Bonchev–Trinajstić information content (AvgIpc) is 2.04. The molecule has 0 atom stereocenters. The summed E-state index contributed by atoms with van der Waals surface area (Å²) >= 11 is 0. The maximum Gasteiger partial charge on any atom is 0.0409 e. The van der Waals surface area contributed by atoms with Gasteiger partial charge >= 0.3 is 0 Å². The van der Waals surface area contributed by atoms with Crippen LogP contribution >= 0.6 is 0 Å². The number of hydrogen-bond donors (Lipinski definition) is 0. The third kappa shape index (κ3) is 1.14. The molecule has 0 N–H and O–H groups in total. The maximum absolute atomic E-state index is 3.87. The first-order chi connectivity index (χ1) is 5.36. The summed E-state index contributed by atoms with van der Waals surface area (Å²) < 4.78 is 0. The molecule has 0 unspecified atom stereocenters. The van der Waals surface area contributed by atoms with Crippen LogP contribution in [0.1, 0.15) is 0 Å². The molecule has 0 spiro atoms. The van der Waals surface area contributed by atoms with Gasteiger partial charge in [-0.2, -0.15) is 0 Å². The molecule has 2 heterocycles. The zero-order valence-corrected chi connectivity index (χ0v) is 6.33. The summed E-state index contributed by atoms with van der Waals surface area (Å²) in [6.07, 6.45) is 12.5. The van der Waals surface area contributed by atoms with E-state index in [2.05, 4.69) is 42.3 Å². The van der Waals surface area contributed by atoms with Crippen molar-refractivity contribution in [1.29, 1.82) is 0 Å². The van der Waals surface area contributed by atoms with Crippen LogP contribution in [-0.2, 0) is 0 Å². The minimum Gasteiger partial charge on any atom is -0.344 e. The Morgan fingerprint density at radius 1 is 1.36 bits per heavy atom. The van der Waals surface area contributed by atoms with Gasteiger partial charge in [-0.3, -0.25) is 0 Å². The van der Waals surface area contributed by atoms with Gasteiger partial charge in [0.2, 0.25) is 0 Å². The van der Waals surface area contributed by atoms with E-state index in [9.17, 15) is 0 Å². The van der Waals surface area contributed by atoms with Crippen LogP contribution in [0, 0.1) is 6.92 Å². The van der Waals surface area contributed by atoms with Crippen molar-refractivity contribution in [1.82, 2.24) is 4.90 Å². The number of rotatable bonds is 0. The number of allylic oxidation sites excluding steroid dienone is 5. The number of nitrogens with zero attached hydrogens (tertiary/aromatic N) is 1. The lowest BCUT2D eigenvalue weighted by Crippen LogP contribution is -2.19. The second kappa shape index (κ2) is 2.42. The van der Waals surface area contributed by atoms with E-state index in [-0.39, 0.29) is 0 Å². The van der Waals surface area contributed by atoms with Gasteiger partial charge in [-0.15, -0.1) is 0 Å². The van der Waals surface area contributed by atoms with Crippen LogP contribution in [0.4, 0.5) is 0 Å². The molecule has 2 rings (SSSR count). The molecule has 0 amide bonds. The lowest BCUT2D eigenvalue weighted by atomic mass is 10.1. The van der Waals surface area contributed by atoms with Crippen LogP contribution in [0.15, 0.2) is 47.9 Å². The monoisotopic (exact) mass is 144 g/mol. The first kappa shape index (κ1) is 6.47. The molecule has 11 heavy (non-hydrogen) atoms. The molecule has 2 aliphatic rings. The van der Waals surface area contributed by atoms with Gasteiger partial charge in [0.05, 0.1) is 0 Å². The summed E-state index contributed by atoms with van der Waals surface area (Å²) in [5.41, 5.74) is 2.32. The zero-order valence-electron chi connectivity index (χ0n) is 6.33. The van der Waals surface area contributed by atoms with E-state index in [1.807, 2.05) is 6.08 Å². The average molecular weight is 144 g/mol. The summed E-state index contributed by atoms with van der Waals surface area (Å²) in [4.78, 5) is 2.18. The van der Waals surface area contributed by atoms with Crippen molar-refractivity contribution in [2.24, 2.45) is 0 Å². The second-order valence-corrected chi connectivity index (χ2v) is 2.71. The molecule has 0 saturated heterocycles. The van der Waals surface area contributed by atoms with Crippen LogP contribution in [-0.4, -0.2) is 11.4 Å². The largest absolute Gasteiger partial charge is 0.344 e. The number of fused-ring (bicyclic) bond motifs is 1. The molecule has 0 aromatic rings. The van der Waals surface area contributed by atoms with E-state index in [1.54, 1.807) is 0 Å². The molecule has 0 saturated carbocycles. The molecule has 55 valence electrons. The van der Waals surface area contributed by atoms with Gasteiger partial charge in [0.15, 0.2) is 0 Å². The van der Waals surface area contributed by atoms with Crippen molar-refractivity contribution in [3.8, 4) is 0 Å². The van der Waals surface area contributed by atoms with Crippen LogP contribution in [0.3, 0.4) is 0 Å². The highest BCUT2D eigenvalue weighted by Gasteiger charge is 2.08. The molecule has 1 radical (unpaired) electrons. The highest BCUT2D eigenvalue weighted by molar-refractivity contribution is 5.38. The van der Waals surface area contributed by atoms with E-state index < -0.39 is 0 Å². The zero-order chi connectivity index (χ0) is 7.68. The Morgan fingerprint density at radius 3 is 3.18 bits per heavy atom. The predicted molar refractivity (Wildman–Crippen MR) is 46.5 cm³/mol. The first-order valence-electron chi connectivity index (χ1n) is 3.71. The Morgan fingerprint density at radius 2 is 2.27 bits per heavy atom. The van der Waals surface area contributed by atoms with Crippen molar-refractivity contribution >= 4 is 0 Å². The molecule has 0 aliphatic carbocycles. The molecular weight excluding hydrogens is 134 g/mol. The van der Waals surface area contributed by atoms with E-state index in [4.69, 9.17) is 0 Å². The summed E-state index contributed by atoms with van der Waals surface area (Å²) in [5.74, 6) is 0. The van der Waals surface area contributed by atoms with Gasteiger partial charge in [0.1, 0.15) is 0 Å². The van der Waals surface area contributed by atoms with E-state index in [1.165, 1.54) is 5.70 Å². The predicted octanol–water partition coefficient (Wildman–Crippen LogP) is 2.03. The van der Waals surface area contributed by atoms with Crippen LogP contribution in [0.2, 0.25) is 0 Å². The fraction of sp³-hybridized carbons (Fsp3) is 0.100. The van der Waals surface area contributed by atoms with Gasteiger partial charge in [-0.1, -0.05) is 18.2 Å². The number of hydrogen-bond acceptors (Lipinski definition) is 1. The SMILES string of the molecule is [CH2]C1=CN2CC=CC=C2C=C1. The van der Waals surface area contributed by atoms with Gasteiger partial charge in [-0.25, -0.2) is 0 Å². The van der Waals surface area contributed by atoms with Crippen LogP contribution < -0.4 is 0 Å². The minimum atomic E-state index is 0.967. The Kier molecular flexibility index (Phi) is 1.42. The third-order valence-electron chi connectivity index (χ3n) is 1.83. The quantitative estimate of drug-likeness (QED) is 0.503. The molecule has 1 heteroatoms. The molecule has 0 bridgehead atoms. The molecule has 0 aromatic heterocycles. The molecule has 1 nitrogen and oxygen atoms in total. The topological polar surface area (TPSA) is 3.24 Å². The second-order valence-electron chi connectivity index (χ2n) is 2.71. The Balaban J connectivity index is 2.33. The van der Waals surface area contributed by atoms with E-state index in [0.29, 0.717) is 0 Å². The van der Waals surface area contributed by atoms with Crippen molar-refractivity contribution in [2.75, 3.05) is 6.54 Å². The summed E-state index contributed by atoms with van der Waals surface area (Å²) in [7, 11) is 0. The Labute approximate surface area is 67.0 Å². The molecule has 2 aliphatic heterocycles. The van der Waals surface area contributed by atoms with Crippen molar-refractivity contribution in [3.63, 3.8) is 0 Å². The van der Waals surface area contributed by atoms with Gasteiger partial charge in [-0.05, 0) is 24.6 Å². The minimum absolute atomic E-state index is 0.967. The van der Waals surface area contributed by atoms with E-state index >= 15 is 0 Å². The van der Waals surface area contributed by atoms with Crippen molar-refractivity contribution < 1.29 is 0 Å². The van der Waals surface area contributed by atoms with Crippen molar-refractivity contribution in [3.05, 3.63) is 54.8 Å². The highest BCUT2D eigenvalue weighted by Crippen LogP contribution is 2.18. The Hall–Kier alpha value is -1.24. The van der Waals surface area contributed by atoms with Crippen LogP contribution in [0.5, 0.6) is 0 Å². The summed E-state index contributed by atoms with van der Waals surface area (Å²) in [6.45, 7) is 4.84. The normalized spacial score (nSPS) is 21.0. The Bertz CT molecular complexity index is 279. The third-order valence-corrected chi connectivity index (χ3v) is 1.83. The smallest absolute Gasteiger partial charge is 0.0409 e. The molecule has 0 fully saturated rings. The standard InChI is InChI=1S/C10H10N/c1-9-5-6-10-4-2-3-7-11(10)8-9/h2-6,8H,1,7H2.